The Balaban J connectivity index is 2.72. The molecule has 0 bridgehead atoms. The van der Waals surface area contributed by atoms with Crippen LogP contribution in [-0.4, -0.2) is 47.0 Å². The molecule has 0 unspecified atom stereocenters. The van der Waals surface area contributed by atoms with Crippen LogP contribution >= 0.6 is 0 Å². The first-order valence-corrected chi connectivity index (χ1v) is 7.87. The van der Waals surface area contributed by atoms with Gasteiger partial charge in [0.15, 0.2) is 0 Å². The molecule has 0 spiro atoms. The van der Waals surface area contributed by atoms with E-state index in [1.54, 1.807) is 0 Å². The summed E-state index contributed by atoms with van der Waals surface area (Å²) in [5.41, 5.74) is 0.217. The average molecular weight is 321 g/mol. The molecule has 1 rings (SSSR count). The number of hydrogen-bond donors (Lipinski definition) is 2. The number of sulfonamides is 1. The zero-order chi connectivity index (χ0) is 15.9. The quantitative estimate of drug-likeness (QED) is 0.650. The van der Waals surface area contributed by atoms with Crippen LogP contribution in [0.5, 0.6) is 0 Å². The van der Waals surface area contributed by atoms with E-state index in [9.17, 15) is 12.8 Å². The standard InChI is InChI=1S/C13H20FNO5S/c1-10-12(14)7-11(9-16)8-13(10)21(17,18)15-3-4-20-6-5-19-2/h7-8,15-16H,3-6,9H2,1-2H3. The highest BCUT2D eigenvalue weighted by Crippen LogP contribution is 2.20. The summed E-state index contributed by atoms with van der Waals surface area (Å²) in [4.78, 5) is -0.177. The number of benzene rings is 1. The smallest absolute Gasteiger partial charge is 0.241 e. The van der Waals surface area contributed by atoms with Gasteiger partial charge >= 0.3 is 0 Å². The van der Waals surface area contributed by atoms with Crippen molar-refractivity contribution >= 4 is 10.0 Å². The molecule has 0 heterocycles. The minimum absolute atomic E-state index is 0.0139. The number of aliphatic hydroxyl groups excluding tert-OH is 1. The van der Waals surface area contributed by atoms with Crippen LogP contribution in [0.25, 0.3) is 0 Å². The van der Waals surface area contributed by atoms with Gasteiger partial charge in [0.2, 0.25) is 10.0 Å². The van der Waals surface area contributed by atoms with Crippen LogP contribution < -0.4 is 4.72 Å². The Morgan fingerprint density at radius 2 is 2.00 bits per heavy atom. The molecular formula is C13H20FNO5S. The number of aliphatic hydroxyl groups is 1. The van der Waals surface area contributed by atoms with Gasteiger partial charge in [0, 0.05) is 19.2 Å². The molecule has 21 heavy (non-hydrogen) atoms. The zero-order valence-corrected chi connectivity index (χ0v) is 12.9. The zero-order valence-electron chi connectivity index (χ0n) is 12.1. The van der Waals surface area contributed by atoms with Gasteiger partial charge in [-0.2, -0.15) is 0 Å². The lowest BCUT2D eigenvalue weighted by molar-refractivity contribution is 0.0736. The Kier molecular flexibility index (Phi) is 7.20. The molecule has 2 N–H and O–H groups in total. The molecule has 8 heteroatoms. The predicted octanol–water partition coefficient (Wildman–Crippen LogP) is 0.568. The van der Waals surface area contributed by atoms with E-state index in [-0.39, 0.29) is 29.2 Å². The lowest BCUT2D eigenvalue weighted by Crippen LogP contribution is -2.28. The maximum Gasteiger partial charge on any atom is 0.241 e. The van der Waals surface area contributed by atoms with E-state index >= 15 is 0 Å². The Morgan fingerprint density at radius 1 is 1.29 bits per heavy atom. The summed E-state index contributed by atoms with van der Waals surface area (Å²) in [5.74, 6) is -0.668. The molecule has 0 radical (unpaired) electrons. The van der Waals surface area contributed by atoms with Crippen molar-refractivity contribution in [1.29, 1.82) is 0 Å². The molecule has 0 aliphatic carbocycles. The largest absolute Gasteiger partial charge is 0.392 e. The van der Waals surface area contributed by atoms with Gasteiger partial charge < -0.3 is 14.6 Å². The monoisotopic (exact) mass is 321 g/mol. The highest BCUT2D eigenvalue weighted by atomic mass is 32.2. The summed E-state index contributed by atoms with van der Waals surface area (Å²) < 4.78 is 50.1. The highest BCUT2D eigenvalue weighted by Gasteiger charge is 2.19. The Hall–Kier alpha value is -1.06. The minimum Gasteiger partial charge on any atom is -0.392 e. The van der Waals surface area contributed by atoms with Gasteiger partial charge in [0.1, 0.15) is 5.82 Å². The number of nitrogens with one attached hydrogen (secondary N) is 1. The second-order valence-corrected chi connectivity index (χ2v) is 6.10. The van der Waals surface area contributed by atoms with Crippen molar-refractivity contribution < 1.29 is 27.4 Å². The van der Waals surface area contributed by atoms with Crippen LogP contribution in [0.1, 0.15) is 11.1 Å². The van der Waals surface area contributed by atoms with E-state index in [1.807, 2.05) is 0 Å². The summed E-state index contributed by atoms with van der Waals surface area (Å²) in [6, 6.07) is 2.37. The van der Waals surface area contributed by atoms with Crippen LogP contribution in [0.3, 0.4) is 0 Å². The van der Waals surface area contributed by atoms with Crippen LogP contribution in [0, 0.1) is 12.7 Å². The van der Waals surface area contributed by atoms with Gasteiger partial charge in [-0.3, -0.25) is 0 Å². The van der Waals surface area contributed by atoms with Gasteiger partial charge in [-0.05, 0) is 24.6 Å². The molecular weight excluding hydrogens is 301 g/mol. The van der Waals surface area contributed by atoms with Crippen molar-refractivity contribution in [2.24, 2.45) is 0 Å². The molecule has 1 aromatic rings. The second-order valence-electron chi connectivity index (χ2n) is 4.36. The van der Waals surface area contributed by atoms with Crippen molar-refractivity contribution in [1.82, 2.24) is 4.72 Å². The number of ether oxygens (including phenoxy) is 2. The predicted molar refractivity (Wildman–Crippen MR) is 74.9 cm³/mol. The van der Waals surface area contributed by atoms with E-state index in [0.717, 1.165) is 6.07 Å². The van der Waals surface area contributed by atoms with E-state index < -0.39 is 22.4 Å². The van der Waals surface area contributed by atoms with Crippen LogP contribution in [0.2, 0.25) is 0 Å². The normalized spacial score (nSPS) is 11.8. The van der Waals surface area contributed by atoms with Crippen LogP contribution in [-0.2, 0) is 26.1 Å². The minimum atomic E-state index is -3.85. The fraction of sp³-hybridized carbons (Fsp3) is 0.538. The van der Waals surface area contributed by atoms with Gasteiger partial charge in [-0.1, -0.05) is 0 Å². The molecule has 0 amide bonds. The van der Waals surface area contributed by atoms with Crippen molar-refractivity contribution in [2.45, 2.75) is 18.4 Å². The number of methoxy groups -OCH3 is 1. The Bertz CT molecular complexity index is 562. The SMILES string of the molecule is COCCOCCNS(=O)(=O)c1cc(CO)cc(F)c1C. The molecule has 6 nitrogen and oxygen atoms in total. The molecule has 120 valence electrons. The average Bonchev–Trinajstić information content (AvgIpc) is 2.45. The third-order valence-electron chi connectivity index (χ3n) is 2.80. The molecule has 0 saturated heterocycles. The first-order valence-electron chi connectivity index (χ1n) is 6.38. The summed E-state index contributed by atoms with van der Waals surface area (Å²) in [6.07, 6.45) is 0. The number of halogens is 1. The first kappa shape index (κ1) is 18.0. The summed E-state index contributed by atoms with van der Waals surface area (Å²) in [6.45, 7) is 1.99. The fourth-order valence-corrected chi connectivity index (χ4v) is 2.96. The maximum atomic E-state index is 13.6. The third kappa shape index (κ3) is 5.33. The first-order chi connectivity index (χ1) is 9.92. The van der Waals surface area contributed by atoms with Crippen LogP contribution in [0.15, 0.2) is 17.0 Å². The summed E-state index contributed by atoms with van der Waals surface area (Å²) >= 11 is 0. The van der Waals surface area contributed by atoms with Crippen LogP contribution in [0.4, 0.5) is 4.39 Å². The van der Waals surface area contributed by atoms with E-state index in [4.69, 9.17) is 14.6 Å². The fourth-order valence-electron chi connectivity index (χ4n) is 1.65. The molecule has 0 atom stereocenters. The third-order valence-corrected chi connectivity index (χ3v) is 4.39. The number of hydrogen-bond acceptors (Lipinski definition) is 5. The van der Waals surface area contributed by atoms with Gasteiger partial charge in [0.25, 0.3) is 0 Å². The van der Waals surface area contributed by atoms with E-state index in [2.05, 4.69) is 4.72 Å². The van der Waals surface area contributed by atoms with E-state index in [0.29, 0.717) is 13.2 Å². The molecule has 1 aromatic carbocycles. The molecule has 0 fully saturated rings. The van der Waals surface area contributed by atoms with Gasteiger partial charge in [-0.15, -0.1) is 0 Å². The molecule has 0 aromatic heterocycles. The topological polar surface area (TPSA) is 84.9 Å². The van der Waals surface area contributed by atoms with Crippen molar-refractivity contribution in [3.63, 3.8) is 0 Å². The summed E-state index contributed by atoms with van der Waals surface area (Å²) in [5, 5.41) is 9.03. The van der Waals surface area contributed by atoms with Crippen molar-refractivity contribution in [3.05, 3.63) is 29.1 Å². The molecule has 0 saturated carbocycles. The molecule has 0 aliphatic heterocycles. The lowest BCUT2D eigenvalue weighted by Gasteiger charge is -2.11. The number of rotatable bonds is 9. The van der Waals surface area contributed by atoms with Crippen molar-refractivity contribution in [2.75, 3.05) is 33.5 Å². The Labute approximate surface area is 123 Å². The molecule has 0 aliphatic rings. The lowest BCUT2D eigenvalue weighted by atomic mass is 10.1. The maximum absolute atomic E-state index is 13.6. The van der Waals surface area contributed by atoms with Crippen molar-refractivity contribution in [3.8, 4) is 0 Å². The van der Waals surface area contributed by atoms with Gasteiger partial charge in [-0.25, -0.2) is 17.5 Å². The van der Waals surface area contributed by atoms with E-state index in [1.165, 1.54) is 20.1 Å². The highest BCUT2D eigenvalue weighted by molar-refractivity contribution is 7.89. The second kappa shape index (κ2) is 8.40. The summed E-state index contributed by atoms with van der Waals surface area (Å²) in [7, 11) is -2.31. The van der Waals surface area contributed by atoms with Gasteiger partial charge in [0.05, 0.1) is 31.3 Å². The Morgan fingerprint density at radius 3 is 2.62 bits per heavy atom.